The van der Waals surface area contributed by atoms with Crippen molar-refractivity contribution in [2.45, 2.75) is 50.3 Å². The Morgan fingerprint density at radius 3 is 2.39 bits per heavy atom. The Bertz CT molecular complexity index is 1060. The molecule has 1 aliphatic carbocycles. The molecule has 0 saturated heterocycles. The average Bonchev–Trinajstić information content (AvgIpc) is 2.66. The second kappa shape index (κ2) is 8.43. The third kappa shape index (κ3) is 4.64. The molecule has 0 radical (unpaired) electrons. The second-order valence-electron chi connectivity index (χ2n) is 8.45. The van der Waals surface area contributed by atoms with E-state index in [1.807, 2.05) is 0 Å². The van der Waals surface area contributed by atoms with Gasteiger partial charge in [-0.05, 0) is 57.4 Å². The van der Waals surface area contributed by atoms with E-state index in [9.17, 15) is 18.3 Å². The number of nitrogens with zero attached hydrogens (tertiary/aromatic N) is 2. The Morgan fingerprint density at radius 2 is 1.87 bits per heavy atom. The zero-order valence-corrected chi connectivity index (χ0v) is 18.8. The van der Waals surface area contributed by atoms with E-state index in [4.69, 9.17) is 5.73 Å². The molecule has 0 spiro atoms. The van der Waals surface area contributed by atoms with Gasteiger partial charge in [-0.1, -0.05) is 6.92 Å². The highest BCUT2D eigenvalue weighted by Crippen LogP contribution is 2.48. The van der Waals surface area contributed by atoms with E-state index in [0.29, 0.717) is 35.6 Å². The van der Waals surface area contributed by atoms with Crippen LogP contribution in [0.5, 0.6) is 0 Å². The van der Waals surface area contributed by atoms with Crippen LogP contribution in [0.4, 0.5) is 16.3 Å². The van der Waals surface area contributed by atoms with Crippen LogP contribution in [0.1, 0.15) is 45.7 Å². The molecule has 3 rings (SSSR count). The van der Waals surface area contributed by atoms with E-state index in [1.54, 1.807) is 51.1 Å². The molecule has 2 aromatic rings. The van der Waals surface area contributed by atoms with Crippen LogP contribution in [-0.2, 0) is 14.6 Å². The first-order chi connectivity index (χ1) is 14.5. The molecule has 31 heavy (non-hydrogen) atoms. The Kier molecular flexibility index (Phi) is 6.24. The molecule has 1 aromatic heterocycles. The molecule has 0 bridgehead atoms. The van der Waals surface area contributed by atoms with Crippen LogP contribution in [0.25, 0.3) is 11.4 Å². The van der Waals surface area contributed by atoms with Gasteiger partial charge in [0.15, 0.2) is 15.7 Å². The fourth-order valence-corrected chi connectivity index (χ4v) is 5.43. The number of hydrogen-bond acceptors (Lipinski definition) is 7. The Hall–Kier alpha value is -2.72. The molecule has 168 valence electrons. The largest absolute Gasteiger partial charge is 0.394 e. The predicted octanol–water partition coefficient (Wildman–Crippen LogP) is 2.43. The fourth-order valence-electron chi connectivity index (χ4n) is 3.54. The minimum absolute atomic E-state index is 0.0434. The van der Waals surface area contributed by atoms with Crippen LogP contribution in [-0.4, -0.2) is 47.4 Å². The zero-order chi connectivity index (χ0) is 22.9. The number of rotatable bonds is 7. The van der Waals surface area contributed by atoms with E-state index >= 15 is 0 Å². The Balaban J connectivity index is 1.85. The third-order valence-corrected chi connectivity index (χ3v) is 8.17. The van der Waals surface area contributed by atoms with Crippen LogP contribution < -0.4 is 16.4 Å². The summed E-state index contributed by atoms with van der Waals surface area (Å²) < 4.78 is 24.5. The van der Waals surface area contributed by atoms with Gasteiger partial charge in [0, 0.05) is 23.1 Å². The number of aliphatic hydroxyl groups is 1. The maximum atomic E-state index is 12.8. The summed E-state index contributed by atoms with van der Waals surface area (Å²) in [6, 6.07) is 7.95. The van der Waals surface area contributed by atoms with Crippen LogP contribution in [0, 0.1) is 0 Å². The number of amides is 2. The number of benzene rings is 1. The summed E-state index contributed by atoms with van der Waals surface area (Å²) in [5.74, 6) is 0.595. The van der Waals surface area contributed by atoms with Gasteiger partial charge < -0.3 is 21.5 Å². The number of carbonyl (C=O) groups is 1. The number of aliphatic hydroxyl groups excluding tert-OH is 1. The summed E-state index contributed by atoms with van der Waals surface area (Å²) in [4.78, 5) is 20.9. The second-order valence-corrected chi connectivity index (χ2v) is 11.0. The first-order valence-corrected chi connectivity index (χ1v) is 11.8. The maximum absolute atomic E-state index is 12.8. The molecule has 2 amide bonds. The lowest BCUT2D eigenvalue weighted by molar-refractivity contribution is 0.187. The number of nitrogens with one attached hydrogen (secondary N) is 2. The summed E-state index contributed by atoms with van der Waals surface area (Å²) in [6.07, 6.45) is 1.89. The summed E-state index contributed by atoms with van der Waals surface area (Å²) >= 11 is 0. The molecule has 1 fully saturated rings. The molecule has 1 aliphatic rings. The minimum atomic E-state index is -3.35. The highest BCUT2D eigenvalue weighted by atomic mass is 32.2. The summed E-state index contributed by atoms with van der Waals surface area (Å²) in [5.41, 5.74) is 6.89. The van der Waals surface area contributed by atoms with E-state index in [2.05, 4.69) is 20.6 Å². The first kappa shape index (κ1) is 23.0. The zero-order valence-electron chi connectivity index (χ0n) is 18.0. The lowest BCUT2D eigenvalue weighted by Crippen LogP contribution is -2.48. The van der Waals surface area contributed by atoms with Gasteiger partial charge in [0.25, 0.3) is 0 Å². The molecular formula is C21H29N5O4S. The van der Waals surface area contributed by atoms with Crippen molar-refractivity contribution in [2.24, 2.45) is 0 Å². The van der Waals surface area contributed by atoms with E-state index in [1.165, 1.54) is 0 Å². The van der Waals surface area contributed by atoms with Gasteiger partial charge in [-0.3, -0.25) is 0 Å². The van der Waals surface area contributed by atoms with Gasteiger partial charge in [-0.15, -0.1) is 0 Å². The van der Waals surface area contributed by atoms with Crippen molar-refractivity contribution in [1.82, 2.24) is 15.3 Å². The molecule has 1 aromatic carbocycles. The van der Waals surface area contributed by atoms with Gasteiger partial charge in [0.05, 0.1) is 17.8 Å². The average molecular weight is 448 g/mol. The smallest absolute Gasteiger partial charge is 0.319 e. The van der Waals surface area contributed by atoms with E-state index < -0.39 is 26.2 Å². The molecule has 10 heteroatoms. The topological polar surface area (TPSA) is 147 Å². The van der Waals surface area contributed by atoms with Crippen molar-refractivity contribution < 1.29 is 18.3 Å². The highest BCUT2D eigenvalue weighted by molar-refractivity contribution is 7.92. The Morgan fingerprint density at radius 1 is 1.23 bits per heavy atom. The predicted molar refractivity (Wildman–Crippen MR) is 120 cm³/mol. The molecule has 5 N–H and O–H groups in total. The van der Waals surface area contributed by atoms with Crippen molar-refractivity contribution in [1.29, 1.82) is 0 Å². The van der Waals surface area contributed by atoms with Gasteiger partial charge in [0.2, 0.25) is 0 Å². The van der Waals surface area contributed by atoms with E-state index in [-0.39, 0.29) is 18.2 Å². The number of carbonyl (C=O) groups excluding carboxylic acids is 1. The SMILES string of the molecule is CCS(=O)(=O)C1(c2cc(N)nc(-c3ccc(NC(=O)NC(C)(C)CO)cc3)n2)CCC1. The number of urea groups is 1. The van der Waals surface area contributed by atoms with Crippen LogP contribution in [0.15, 0.2) is 30.3 Å². The van der Waals surface area contributed by atoms with Gasteiger partial charge in [0.1, 0.15) is 10.6 Å². The monoisotopic (exact) mass is 447 g/mol. The fraction of sp³-hybridized carbons (Fsp3) is 0.476. The number of aromatic nitrogens is 2. The molecule has 0 unspecified atom stereocenters. The maximum Gasteiger partial charge on any atom is 0.319 e. The first-order valence-electron chi connectivity index (χ1n) is 10.2. The van der Waals surface area contributed by atoms with Gasteiger partial charge in [-0.2, -0.15) is 0 Å². The standard InChI is InChI=1S/C21H29N5O4S/c1-4-31(29,30)21(10-5-11-21)16-12-17(22)25-18(24-16)14-6-8-15(9-7-14)23-19(28)26-20(2,3)13-27/h6-9,12,27H,4-5,10-11,13H2,1-3H3,(H2,22,24,25)(H2,23,26,28). The highest BCUT2D eigenvalue weighted by Gasteiger charge is 2.50. The van der Waals surface area contributed by atoms with E-state index in [0.717, 1.165) is 6.42 Å². The lowest BCUT2D eigenvalue weighted by atomic mass is 9.81. The van der Waals surface area contributed by atoms with Crippen molar-refractivity contribution in [2.75, 3.05) is 23.4 Å². The summed E-state index contributed by atoms with van der Waals surface area (Å²) in [5, 5.41) is 14.6. The van der Waals surface area contributed by atoms with Gasteiger partial charge in [-0.25, -0.2) is 23.2 Å². The van der Waals surface area contributed by atoms with Crippen molar-refractivity contribution in [3.8, 4) is 11.4 Å². The normalized spacial score (nSPS) is 15.7. The number of anilines is 2. The number of hydrogen-bond donors (Lipinski definition) is 4. The summed E-state index contributed by atoms with van der Waals surface area (Å²) in [7, 11) is -3.35. The van der Waals surface area contributed by atoms with Crippen molar-refractivity contribution in [3.05, 3.63) is 36.0 Å². The molecule has 9 nitrogen and oxygen atoms in total. The molecular weight excluding hydrogens is 418 g/mol. The van der Waals surface area contributed by atoms with Crippen LogP contribution in [0.2, 0.25) is 0 Å². The van der Waals surface area contributed by atoms with Gasteiger partial charge >= 0.3 is 6.03 Å². The molecule has 0 aliphatic heterocycles. The molecule has 1 saturated carbocycles. The number of nitrogens with two attached hydrogens (primary N) is 1. The minimum Gasteiger partial charge on any atom is -0.394 e. The Labute approximate surface area is 182 Å². The number of nitrogen functional groups attached to an aromatic ring is 1. The molecule has 1 heterocycles. The van der Waals surface area contributed by atoms with Crippen LogP contribution in [0.3, 0.4) is 0 Å². The lowest BCUT2D eigenvalue weighted by Gasteiger charge is -2.40. The van der Waals surface area contributed by atoms with Crippen LogP contribution >= 0.6 is 0 Å². The van der Waals surface area contributed by atoms with Crippen molar-refractivity contribution in [3.63, 3.8) is 0 Å². The summed E-state index contributed by atoms with van der Waals surface area (Å²) in [6.45, 7) is 4.87. The number of sulfone groups is 1. The third-order valence-electron chi connectivity index (χ3n) is 5.60. The van der Waals surface area contributed by atoms with Crippen molar-refractivity contribution >= 4 is 27.4 Å². The quantitative estimate of drug-likeness (QED) is 0.509. The molecule has 0 atom stereocenters.